The van der Waals surface area contributed by atoms with Crippen LogP contribution in [0.2, 0.25) is 19.6 Å². The molecule has 0 spiro atoms. The zero-order chi connectivity index (χ0) is 99.5. The number of aromatic nitrogens is 4. The standard InChI is InChI=1S/C38H21N3O.C34H26N2OSi.2C31H18N2O/c39-22-24-9-13-35-31(17-24)32-20-28(11-14-36(32)41(35)30-7-2-1-3-8-30)26-5-4-6-27(19-26)29-12-16-38-34(21-29)33-18-25(23-40)10-15-37(33)42-38;1-38(2,3)26-12-14-32-28(20-26)27-18-23(10-13-31(27)36(32)25-7-5-4-6-8-25)24-11-16-34-30(19-24)29-17-22(21-35)9-15-33(29)37-34;32-19-20-13-16-30-27(17-20)25-11-6-10-23(31(25)34-30)21-14-15-29-26(18-21)24-9-4-5-12-28(24)33(29)22-7-2-1-3-8-22;32-19-20-10-14-30-26(16-20)27-18-22(12-15-31(27)34-30)21-11-13-29-25(17-21)24-8-4-5-9-28(24)33(29)23-6-2-1-3-7-23/h1-21H;4-20H,1-3H3;2*1-18H. The first-order valence-electron chi connectivity index (χ1n) is 49.1. The Morgan fingerprint density at radius 1 is 0.176 bits per heavy atom. The lowest BCUT2D eigenvalue weighted by Gasteiger charge is -2.16. The highest BCUT2D eigenvalue weighted by Gasteiger charge is 2.25. The third-order valence-electron chi connectivity index (χ3n) is 28.9. The van der Waals surface area contributed by atoms with Gasteiger partial charge >= 0.3 is 0 Å². The molecule has 0 atom stereocenters. The average molecular weight is 1910 g/mol. The van der Waals surface area contributed by atoms with Crippen LogP contribution < -0.4 is 5.19 Å². The molecule has 14 heteroatoms. The Kier molecular flexibility index (Phi) is 21.2. The summed E-state index contributed by atoms with van der Waals surface area (Å²) in [6.07, 6.45) is 0. The van der Waals surface area contributed by atoms with Crippen molar-refractivity contribution in [3.63, 3.8) is 0 Å². The van der Waals surface area contributed by atoms with E-state index in [1.165, 1.54) is 76.3 Å². The molecule has 0 radical (unpaired) electrons. The summed E-state index contributed by atoms with van der Waals surface area (Å²) < 4.78 is 33.7. The molecule has 29 aromatic rings. The molecule has 21 aromatic carbocycles. The fraction of sp³-hybridized carbons (Fsp3) is 0.0224. The number of para-hydroxylation sites is 7. The van der Waals surface area contributed by atoms with Crippen LogP contribution in [0.3, 0.4) is 0 Å². The van der Waals surface area contributed by atoms with Crippen molar-refractivity contribution in [1.82, 2.24) is 18.3 Å². The van der Waals surface area contributed by atoms with Gasteiger partial charge in [0.1, 0.15) is 44.7 Å². The SMILES string of the molecule is C[Si](C)(C)c1ccc2c(c1)c1cc(-c3ccc4oc5ccc(C#N)cc5c4c3)ccc1n2-c1ccccc1.N#Cc1ccc2oc3c(-c4ccc5c(c4)c4ccccc4n5-c4ccccc4)cccc3c2c1.N#Cc1ccc2oc3ccc(-c4ccc5c(c4)c4ccccc4n5-c4ccccc4)cc3c2c1.N#Cc1ccc2oc3ccc(-c4cccc(-c5ccc6c(c5)c5cc(C#N)ccc5n6-c5ccccc5)c4)cc3c2c1. The molecule has 8 aromatic heterocycles. The summed E-state index contributed by atoms with van der Waals surface area (Å²) in [7, 11) is -1.48. The first kappa shape index (κ1) is 87.9. The van der Waals surface area contributed by atoms with Crippen molar-refractivity contribution < 1.29 is 17.7 Å². The van der Waals surface area contributed by atoms with Gasteiger partial charge in [-0.2, -0.15) is 26.3 Å². The van der Waals surface area contributed by atoms with Crippen molar-refractivity contribution in [3.8, 4) is 109 Å². The van der Waals surface area contributed by atoms with Crippen LogP contribution in [-0.2, 0) is 0 Å². The molecule has 148 heavy (non-hydrogen) atoms. The third kappa shape index (κ3) is 15.2. The Hall–Kier alpha value is -20.3. The highest BCUT2D eigenvalue weighted by Crippen LogP contribution is 2.46. The van der Waals surface area contributed by atoms with E-state index in [0.717, 1.165) is 182 Å². The predicted octanol–water partition coefficient (Wildman–Crippen LogP) is 35.0. The molecule has 0 aliphatic rings. The van der Waals surface area contributed by atoms with Crippen LogP contribution in [0.4, 0.5) is 0 Å². The molecule has 0 saturated heterocycles. The molecule has 0 saturated carbocycles. The van der Waals surface area contributed by atoms with Gasteiger partial charge in [0, 0.05) is 114 Å². The van der Waals surface area contributed by atoms with Crippen LogP contribution in [0.1, 0.15) is 27.8 Å². The molecule has 0 aliphatic carbocycles. The first-order chi connectivity index (χ1) is 72.7. The molecule has 8 heterocycles. The van der Waals surface area contributed by atoms with E-state index in [9.17, 15) is 26.3 Å². The molecule has 0 N–H and O–H groups in total. The topological polar surface area (TPSA) is 191 Å². The molecular weight excluding hydrogens is 1830 g/mol. The van der Waals surface area contributed by atoms with E-state index >= 15 is 0 Å². The molecule has 29 rings (SSSR count). The smallest absolute Gasteiger partial charge is 0.143 e. The van der Waals surface area contributed by atoms with Crippen LogP contribution in [-0.4, -0.2) is 26.3 Å². The summed E-state index contributed by atoms with van der Waals surface area (Å²) in [6, 6.07) is 166. The molecular formula is C134H83N9O4Si. The van der Waals surface area contributed by atoms with Crippen LogP contribution in [0.15, 0.2) is 467 Å². The van der Waals surface area contributed by atoms with E-state index in [2.05, 4.69) is 378 Å². The van der Waals surface area contributed by atoms with Gasteiger partial charge in [-0.3, -0.25) is 0 Å². The minimum Gasteiger partial charge on any atom is -0.456 e. The lowest BCUT2D eigenvalue weighted by Crippen LogP contribution is -2.37. The fourth-order valence-electron chi connectivity index (χ4n) is 21.7. The number of benzene rings is 21. The Bertz CT molecular complexity index is 10700. The summed E-state index contributed by atoms with van der Waals surface area (Å²) in [6.45, 7) is 7.20. The summed E-state index contributed by atoms with van der Waals surface area (Å²) in [4.78, 5) is 0. The van der Waals surface area contributed by atoms with Crippen molar-refractivity contribution >= 4 is 188 Å². The third-order valence-corrected chi connectivity index (χ3v) is 30.9. The molecule has 0 aliphatic heterocycles. The lowest BCUT2D eigenvalue weighted by molar-refractivity contribution is 0.668. The van der Waals surface area contributed by atoms with Gasteiger partial charge in [0.2, 0.25) is 0 Å². The van der Waals surface area contributed by atoms with Crippen LogP contribution in [0.25, 0.3) is 253 Å². The lowest BCUT2D eigenvalue weighted by atomic mass is 9.97. The maximum Gasteiger partial charge on any atom is 0.143 e. The van der Waals surface area contributed by atoms with Crippen LogP contribution in [0, 0.1) is 56.7 Å². The number of nitriles is 5. The van der Waals surface area contributed by atoms with E-state index in [-0.39, 0.29) is 0 Å². The average Bonchev–Trinajstić information content (AvgIpc) is 1.59. The molecule has 0 amide bonds. The highest BCUT2D eigenvalue weighted by molar-refractivity contribution is 6.88. The van der Waals surface area contributed by atoms with E-state index in [1.807, 2.05) is 115 Å². The monoisotopic (exact) mass is 1910 g/mol. The Balaban J connectivity index is 0.000000100. The zero-order valence-corrected chi connectivity index (χ0v) is 81.4. The molecule has 0 bridgehead atoms. The number of fused-ring (bicyclic) bond motifs is 24. The van der Waals surface area contributed by atoms with Crippen molar-refractivity contribution in [2.24, 2.45) is 0 Å². The van der Waals surface area contributed by atoms with Gasteiger partial charge in [-0.25, -0.2) is 0 Å². The second-order valence-corrected chi connectivity index (χ2v) is 43.6. The van der Waals surface area contributed by atoms with Gasteiger partial charge < -0.3 is 35.9 Å². The van der Waals surface area contributed by atoms with Gasteiger partial charge in [-0.05, 0) is 299 Å². The van der Waals surface area contributed by atoms with E-state index in [1.54, 1.807) is 24.3 Å². The van der Waals surface area contributed by atoms with Crippen LogP contribution >= 0.6 is 0 Å². The second kappa shape index (κ2) is 35.7. The molecule has 13 nitrogen and oxygen atoms in total. The minimum atomic E-state index is -1.48. The van der Waals surface area contributed by atoms with E-state index in [0.29, 0.717) is 27.8 Å². The van der Waals surface area contributed by atoms with Crippen LogP contribution in [0.5, 0.6) is 0 Å². The zero-order valence-electron chi connectivity index (χ0n) is 80.4. The van der Waals surface area contributed by atoms with Crippen molar-refractivity contribution in [2.45, 2.75) is 19.6 Å². The predicted molar refractivity (Wildman–Crippen MR) is 606 cm³/mol. The maximum atomic E-state index is 9.62. The summed E-state index contributed by atoms with van der Waals surface area (Å²) in [5.74, 6) is 0. The van der Waals surface area contributed by atoms with E-state index < -0.39 is 8.07 Å². The summed E-state index contributed by atoms with van der Waals surface area (Å²) in [5.41, 5.74) is 34.6. The Morgan fingerprint density at radius 3 is 0.777 bits per heavy atom. The van der Waals surface area contributed by atoms with Gasteiger partial charge in [0.15, 0.2) is 0 Å². The highest BCUT2D eigenvalue weighted by atomic mass is 28.3. The van der Waals surface area contributed by atoms with E-state index in [4.69, 9.17) is 17.7 Å². The van der Waals surface area contributed by atoms with Gasteiger partial charge in [-0.15, -0.1) is 0 Å². The summed E-state index contributed by atoms with van der Waals surface area (Å²) in [5, 5.41) is 66.1. The first-order valence-corrected chi connectivity index (χ1v) is 52.6. The number of hydrogen-bond donors (Lipinski definition) is 0. The maximum absolute atomic E-state index is 9.62. The van der Waals surface area contributed by atoms with Gasteiger partial charge in [0.05, 0.1) is 110 Å². The number of hydrogen-bond acceptors (Lipinski definition) is 9. The minimum absolute atomic E-state index is 0.614. The Morgan fingerprint density at radius 2 is 0.412 bits per heavy atom. The largest absolute Gasteiger partial charge is 0.456 e. The number of furan rings is 4. The Labute approximate surface area is 849 Å². The number of nitrogens with zero attached hydrogens (tertiary/aromatic N) is 9. The number of rotatable bonds is 10. The molecule has 0 fully saturated rings. The van der Waals surface area contributed by atoms with Crippen molar-refractivity contribution in [2.75, 3.05) is 0 Å². The molecule has 692 valence electrons. The van der Waals surface area contributed by atoms with Crippen molar-refractivity contribution in [3.05, 3.63) is 477 Å². The second-order valence-electron chi connectivity index (χ2n) is 38.6. The van der Waals surface area contributed by atoms with Gasteiger partial charge in [0.25, 0.3) is 0 Å². The fourth-order valence-corrected chi connectivity index (χ4v) is 22.9. The van der Waals surface area contributed by atoms with Crippen molar-refractivity contribution in [1.29, 1.82) is 26.3 Å². The summed E-state index contributed by atoms with van der Waals surface area (Å²) >= 11 is 0. The molecule has 0 unspecified atom stereocenters. The van der Waals surface area contributed by atoms with Gasteiger partial charge in [-0.1, -0.05) is 225 Å². The normalized spacial score (nSPS) is 11.6. The quantitative estimate of drug-likeness (QED) is 0.120.